The van der Waals surface area contributed by atoms with Gasteiger partial charge in [0.15, 0.2) is 0 Å². The summed E-state index contributed by atoms with van der Waals surface area (Å²) >= 11 is 0. The van der Waals surface area contributed by atoms with Crippen LogP contribution < -0.4 is 9.62 Å². The second kappa shape index (κ2) is 12.9. The van der Waals surface area contributed by atoms with Gasteiger partial charge in [-0.2, -0.15) is 0 Å². The van der Waals surface area contributed by atoms with E-state index < -0.39 is 28.5 Å². The molecule has 0 aromatic heterocycles. The molecule has 0 spiro atoms. The number of benzene rings is 3. The lowest BCUT2D eigenvalue weighted by Gasteiger charge is -2.33. The van der Waals surface area contributed by atoms with Crippen molar-refractivity contribution in [3.05, 3.63) is 94.5 Å². The van der Waals surface area contributed by atoms with E-state index in [1.165, 1.54) is 4.90 Å². The molecule has 39 heavy (non-hydrogen) atoms. The Balaban J connectivity index is 2.09. The molecule has 2 amide bonds. The Bertz CT molecular complexity index is 1380. The molecule has 0 fully saturated rings. The summed E-state index contributed by atoms with van der Waals surface area (Å²) in [5, 5.41) is 2.82. The van der Waals surface area contributed by atoms with Gasteiger partial charge in [-0.3, -0.25) is 13.9 Å². The van der Waals surface area contributed by atoms with E-state index in [2.05, 4.69) is 5.32 Å². The second-order valence-corrected chi connectivity index (χ2v) is 11.9. The first-order valence-corrected chi connectivity index (χ1v) is 14.7. The molecular formula is C31H39N3O4S. The maximum absolute atomic E-state index is 14.0. The monoisotopic (exact) mass is 549 g/mol. The summed E-state index contributed by atoms with van der Waals surface area (Å²) in [6.07, 6.45) is 0.387. The number of aryl methyl sites for hydroxylation is 4. The first-order valence-electron chi connectivity index (χ1n) is 13.3. The topological polar surface area (TPSA) is 86.8 Å². The van der Waals surface area contributed by atoms with E-state index >= 15 is 0 Å². The smallest absolute Gasteiger partial charge is 0.264 e. The minimum absolute atomic E-state index is 0.0981. The highest BCUT2D eigenvalue weighted by atomic mass is 32.2. The molecule has 208 valence electrons. The molecule has 0 bridgehead atoms. The SMILES string of the molecule is CCNC(=O)[C@@H](CC)N(Cc1ccc(C)cc1)C(=O)CN(c1cc(C)cc(C)c1)S(=O)(=O)c1ccc(C)cc1. The predicted octanol–water partition coefficient (Wildman–Crippen LogP) is 5.06. The molecule has 8 heteroatoms. The normalized spacial score (nSPS) is 12.1. The molecule has 3 rings (SSSR count). The number of anilines is 1. The summed E-state index contributed by atoms with van der Waals surface area (Å²) < 4.78 is 29.1. The Labute approximate surface area is 232 Å². The summed E-state index contributed by atoms with van der Waals surface area (Å²) in [6.45, 7) is 11.5. The van der Waals surface area contributed by atoms with Crippen molar-refractivity contribution in [1.29, 1.82) is 0 Å². The van der Waals surface area contributed by atoms with E-state index in [4.69, 9.17) is 0 Å². The van der Waals surface area contributed by atoms with E-state index in [1.54, 1.807) is 36.4 Å². The van der Waals surface area contributed by atoms with Crippen LogP contribution in [0.25, 0.3) is 0 Å². The summed E-state index contributed by atoms with van der Waals surface area (Å²) in [5.74, 6) is -0.719. The molecule has 0 saturated heterocycles. The molecule has 0 heterocycles. The minimum Gasteiger partial charge on any atom is -0.355 e. The Kier molecular flexibility index (Phi) is 9.92. The van der Waals surface area contributed by atoms with Crippen molar-refractivity contribution < 1.29 is 18.0 Å². The molecule has 0 saturated carbocycles. The van der Waals surface area contributed by atoms with Gasteiger partial charge in [0.25, 0.3) is 10.0 Å². The predicted molar refractivity (Wildman–Crippen MR) is 156 cm³/mol. The third kappa shape index (κ3) is 7.47. The zero-order chi connectivity index (χ0) is 28.7. The summed E-state index contributed by atoms with van der Waals surface area (Å²) in [5.41, 5.74) is 5.04. The molecule has 0 unspecified atom stereocenters. The third-order valence-corrected chi connectivity index (χ3v) is 8.38. The maximum Gasteiger partial charge on any atom is 0.264 e. The summed E-state index contributed by atoms with van der Waals surface area (Å²) in [7, 11) is -4.09. The average molecular weight is 550 g/mol. The Morgan fingerprint density at radius 2 is 1.33 bits per heavy atom. The number of likely N-dealkylation sites (N-methyl/N-ethyl adjacent to an activating group) is 1. The van der Waals surface area contributed by atoms with Crippen molar-refractivity contribution in [3.8, 4) is 0 Å². The molecule has 0 aliphatic rings. The molecule has 1 N–H and O–H groups in total. The fraction of sp³-hybridized carbons (Fsp3) is 0.355. The molecule has 3 aromatic rings. The van der Waals surface area contributed by atoms with E-state index in [9.17, 15) is 18.0 Å². The summed E-state index contributed by atoms with van der Waals surface area (Å²) in [6, 6.07) is 19.1. The van der Waals surface area contributed by atoms with Gasteiger partial charge >= 0.3 is 0 Å². The first-order chi connectivity index (χ1) is 18.5. The highest BCUT2D eigenvalue weighted by molar-refractivity contribution is 7.92. The number of amides is 2. The van der Waals surface area contributed by atoms with Gasteiger partial charge in [-0.25, -0.2) is 8.42 Å². The van der Waals surface area contributed by atoms with Gasteiger partial charge in [0.05, 0.1) is 10.6 Å². The number of hydrogen-bond acceptors (Lipinski definition) is 4. The lowest BCUT2D eigenvalue weighted by atomic mass is 10.1. The number of carbonyl (C=O) groups excluding carboxylic acids is 2. The number of sulfonamides is 1. The molecule has 3 aromatic carbocycles. The van der Waals surface area contributed by atoms with Crippen LogP contribution in [0, 0.1) is 27.7 Å². The second-order valence-electron chi connectivity index (χ2n) is 10.00. The van der Waals surface area contributed by atoms with Gasteiger partial charge in [-0.05, 0) is 82.0 Å². The van der Waals surface area contributed by atoms with Crippen molar-refractivity contribution in [3.63, 3.8) is 0 Å². The molecule has 7 nitrogen and oxygen atoms in total. The van der Waals surface area contributed by atoms with Gasteiger partial charge in [-0.1, -0.05) is 60.5 Å². The van der Waals surface area contributed by atoms with Crippen LogP contribution in [0.3, 0.4) is 0 Å². The number of hydrogen-bond donors (Lipinski definition) is 1. The fourth-order valence-electron chi connectivity index (χ4n) is 4.56. The van der Waals surface area contributed by atoms with Crippen LogP contribution in [0.1, 0.15) is 48.1 Å². The van der Waals surface area contributed by atoms with E-state index in [0.717, 1.165) is 32.1 Å². The van der Waals surface area contributed by atoms with E-state index in [0.29, 0.717) is 18.7 Å². The van der Waals surface area contributed by atoms with Crippen LogP contribution in [0.15, 0.2) is 71.6 Å². The van der Waals surface area contributed by atoms with Crippen LogP contribution in [-0.4, -0.2) is 44.3 Å². The van der Waals surface area contributed by atoms with Crippen LogP contribution in [0.5, 0.6) is 0 Å². The Morgan fingerprint density at radius 1 is 0.795 bits per heavy atom. The minimum atomic E-state index is -4.09. The van der Waals surface area contributed by atoms with Crippen LogP contribution >= 0.6 is 0 Å². The largest absolute Gasteiger partial charge is 0.355 e. The van der Waals surface area contributed by atoms with Crippen molar-refractivity contribution in [2.45, 2.75) is 65.4 Å². The molecule has 1 atom stereocenters. The number of rotatable bonds is 11. The first kappa shape index (κ1) is 29.9. The lowest BCUT2D eigenvalue weighted by molar-refractivity contribution is -0.140. The molecule has 0 aliphatic heterocycles. The number of nitrogens with zero attached hydrogens (tertiary/aromatic N) is 2. The Morgan fingerprint density at radius 3 is 1.85 bits per heavy atom. The fourth-order valence-corrected chi connectivity index (χ4v) is 5.96. The summed E-state index contributed by atoms with van der Waals surface area (Å²) in [4.78, 5) is 28.7. The quantitative estimate of drug-likeness (QED) is 0.362. The number of carbonyl (C=O) groups is 2. The van der Waals surface area contributed by atoms with Crippen LogP contribution in [-0.2, 0) is 26.2 Å². The standard InChI is InChI=1S/C31H39N3O4S/c1-7-29(31(36)32-8-2)33(20-26-13-9-22(3)10-14-26)30(35)21-34(27-18-24(5)17-25(6)19-27)39(37,38)28-15-11-23(4)12-16-28/h9-19,29H,7-8,20-21H2,1-6H3,(H,32,36)/t29-/m1/s1. The van der Waals surface area contributed by atoms with E-state index in [1.807, 2.05) is 71.9 Å². The zero-order valence-corrected chi connectivity index (χ0v) is 24.5. The van der Waals surface area contributed by atoms with Crippen molar-refractivity contribution in [1.82, 2.24) is 10.2 Å². The van der Waals surface area contributed by atoms with Gasteiger partial charge in [0.1, 0.15) is 12.6 Å². The Hall–Kier alpha value is -3.65. The zero-order valence-electron chi connectivity index (χ0n) is 23.7. The molecular weight excluding hydrogens is 510 g/mol. The highest BCUT2D eigenvalue weighted by Gasteiger charge is 2.33. The van der Waals surface area contributed by atoms with Gasteiger partial charge in [0.2, 0.25) is 11.8 Å². The molecule has 0 radical (unpaired) electrons. The third-order valence-electron chi connectivity index (χ3n) is 6.59. The van der Waals surface area contributed by atoms with Crippen LogP contribution in [0.2, 0.25) is 0 Å². The number of nitrogens with one attached hydrogen (secondary N) is 1. The maximum atomic E-state index is 14.0. The van der Waals surface area contributed by atoms with Crippen molar-refractivity contribution >= 4 is 27.5 Å². The average Bonchev–Trinajstić information content (AvgIpc) is 2.88. The van der Waals surface area contributed by atoms with E-state index in [-0.39, 0.29) is 17.3 Å². The van der Waals surface area contributed by atoms with Gasteiger partial charge < -0.3 is 10.2 Å². The van der Waals surface area contributed by atoms with Gasteiger partial charge in [-0.15, -0.1) is 0 Å². The van der Waals surface area contributed by atoms with Crippen molar-refractivity contribution in [2.24, 2.45) is 0 Å². The molecule has 0 aliphatic carbocycles. The van der Waals surface area contributed by atoms with Crippen LogP contribution in [0.4, 0.5) is 5.69 Å². The van der Waals surface area contributed by atoms with Gasteiger partial charge in [0, 0.05) is 13.1 Å². The van der Waals surface area contributed by atoms with Crippen molar-refractivity contribution in [2.75, 3.05) is 17.4 Å². The highest BCUT2D eigenvalue weighted by Crippen LogP contribution is 2.27. The lowest BCUT2D eigenvalue weighted by Crippen LogP contribution is -2.52.